The number of nitrogens with one attached hydrogen (secondary N) is 1. The van der Waals surface area contributed by atoms with Gasteiger partial charge >= 0.3 is 0 Å². The van der Waals surface area contributed by atoms with Crippen LogP contribution in [0.15, 0.2) is 33.7 Å². The SMILES string of the molecule is COc1coc(C(=O)NCC2CC3C=CC2C3)cc1=O. The van der Waals surface area contributed by atoms with Gasteiger partial charge in [0.15, 0.2) is 5.76 Å². The van der Waals surface area contributed by atoms with Gasteiger partial charge in [-0.2, -0.15) is 0 Å². The van der Waals surface area contributed by atoms with Crippen LogP contribution in [0.25, 0.3) is 0 Å². The van der Waals surface area contributed by atoms with E-state index in [1.54, 1.807) is 0 Å². The molecule has 1 amide bonds. The van der Waals surface area contributed by atoms with Gasteiger partial charge in [-0.1, -0.05) is 12.2 Å². The standard InChI is InChI=1S/C15H17NO4/c1-19-14-8-20-13(6-12(14)17)15(18)16-7-11-5-9-2-3-10(11)4-9/h2-3,6,8-11H,4-5,7H2,1H3,(H,16,18). The van der Waals surface area contributed by atoms with Crippen LogP contribution >= 0.6 is 0 Å². The number of hydrogen-bond donors (Lipinski definition) is 1. The zero-order valence-electron chi connectivity index (χ0n) is 11.3. The monoisotopic (exact) mass is 275 g/mol. The van der Waals surface area contributed by atoms with Crippen molar-refractivity contribution in [1.29, 1.82) is 0 Å². The molecule has 20 heavy (non-hydrogen) atoms. The Morgan fingerprint density at radius 1 is 1.45 bits per heavy atom. The van der Waals surface area contributed by atoms with Crippen LogP contribution in [0.4, 0.5) is 0 Å². The van der Waals surface area contributed by atoms with Crippen LogP contribution in [0.1, 0.15) is 23.4 Å². The van der Waals surface area contributed by atoms with Crippen molar-refractivity contribution in [2.45, 2.75) is 12.8 Å². The van der Waals surface area contributed by atoms with E-state index in [9.17, 15) is 9.59 Å². The van der Waals surface area contributed by atoms with E-state index in [2.05, 4.69) is 17.5 Å². The lowest BCUT2D eigenvalue weighted by molar-refractivity contribution is 0.0914. The van der Waals surface area contributed by atoms with Crippen molar-refractivity contribution in [3.63, 3.8) is 0 Å². The van der Waals surface area contributed by atoms with Crippen molar-refractivity contribution < 1.29 is 13.9 Å². The van der Waals surface area contributed by atoms with Crippen molar-refractivity contribution >= 4 is 5.91 Å². The third-order valence-corrected chi connectivity index (χ3v) is 4.18. The average molecular weight is 275 g/mol. The highest BCUT2D eigenvalue weighted by atomic mass is 16.5. The maximum absolute atomic E-state index is 12.0. The zero-order valence-corrected chi connectivity index (χ0v) is 11.3. The summed E-state index contributed by atoms with van der Waals surface area (Å²) in [4.78, 5) is 23.5. The molecule has 0 saturated heterocycles. The average Bonchev–Trinajstić information content (AvgIpc) is 3.07. The molecule has 1 saturated carbocycles. The van der Waals surface area contributed by atoms with Gasteiger partial charge in [-0.3, -0.25) is 9.59 Å². The van der Waals surface area contributed by atoms with Gasteiger partial charge < -0.3 is 14.5 Å². The van der Waals surface area contributed by atoms with Gasteiger partial charge in [0.05, 0.1) is 7.11 Å². The van der Waals surface area contributed by atoms with E-state index in [-0.39, 0.29) is 22.8 Å². The molecule has 1 aromatic rings. The number of carbonyl (C=O) groups is 1. The molecule has 5 heteroatoms. The summed E-state index contributed by atoms with van der Waals surface area (Å²) in [6, 6.07) is 1.16. The summed E-state index contributed by atoms with van der Waals surface area (Å²) < 4.78 is 9.93. The summed E-state index contributed by atoms with van der Waals surface area (Å²) in [7, 11) is 1.38. The molecule has 3 atom stereocenters. The molecule has 3 rings (SSSR count). The van der Waals surface area contributed by atoms with Crippen LogP contribution < -0.4 is 15.5 Å². The zero-order chi connectivity index (χ0) is 14.1. The van der Waals surface area contributed by atoms with Crippen LogP contribution in [0, 0.1) is 17.8 Å². The topological polar surface area (TPSA) is 68.5 Å². The van der Waals surface area contributed by atoms with Crippen molar-refractivity contribution in [3.05, 3.63) is 40.5 Å². The summed E-state index contributed by atoms with van der Waals surface area (Å²) in [6.07, 6.45) is 8.02. The lowest BCUT2D eigenvalue weighted by Gasteiger charge is -2.18. The second-order valence-electron chi connectivity index (χ2n) is 5.43. The summed E-state index contributed by atoms with van der Waals surface area (Å²) in [5.41, 5.74) is -0.355. The lowest BCUT2D eigenvalue weighted by atomic mass is 9.93. The molecule has 2 bridgehead atoms. The Bertz CT molecular complexity index is 604. The van der Waals surface area contributed by atoms with Gasteiger partial charge in [-0.05, 0) is 30.6 Å². The van der Waals surface area contributed by atoms with E-state index >= 15 is 0 Å². The third kappa shape index (κ3) is 2.35. The van der Waals surface area contributed by atoms with Gasteiger partial charge in [0.1, 0.15) is 6.26 Å². The fourth-order valence-electron chi connectivity index (χ4n) is 3.11. The Balaban J connectivity index is 1.61. The highest BCUT2D eigenvalue weighted by Gasteiger charge is 2.35. The molecule has 1 fully saturated rings. The minimum absolute atomic E-state index is 0.0227. The van der Waals surface area contributed by atoms with Crippen LogP contribution in [0.5, 0.6) is 5.75 Å². The van der Waals surface area contributed by atoms with Gasteiger partial charge in [0.25, 0.3) is 5.91 Å². The molecule has 0 aromatic carbocycles. The first-order valence-corrected chi connectivity index (χ1v) is 6.80. The molecule has 0 spiro atoms. The first-order valence-electron chi connectivity index (χ1n) is 6.80. The van der Waals surface area contributed by atoms with E-state index in [1.165, 1.54) is 13.5 Å². The van der Waals surface area contributed by atoms with E-state index in [0.29, 0.717) is 24.3 Å². The molecular weight excluding hydrogens is 258 g/mol. The molecule has 0 aliphatic heterocycles. The van der Waals surface area contributed by atoms with Gasteiger partial charge in [-0.15, -0.1) is 0 Å². The largest absolute Gasteiger partial charge is 0.490 e. The minimum atomic E-state index is -0.355. The third-order valence-electron chi connectivity index (χ3n) is 4.18. The molecule has 1 aromatic heterocycles. The number of fused-ring (bicyclic) bond motifs is 2. The van der Waals surface area contributed by atoms with Crippen molar-refractivity contribution in [2.24, 2.45) is 17.8 Å². The van der Waals surface area contributed by atoms with Gasteiger partial charge in [0.2, 0.25) is 11.2 Å². The molecule has 106 valence electrons. The Kier molecular flexibility index (Phi) is 3.34. The van der Waals surface area contributed by atoms with E-state index in [0.717, 1.165) is 18.8 Å². The van der Waals surface area contributed by atoms with Crippen LogP contribution in [-0.4, -0.2) is 19.6 Å². The Morgan fingerprint density at radius 2 is 2.30 bits per heavy atom. The molecule has 1 N–H and O–H groups in total. The van der Waals surface area contributed by atoms with Gasteiger partial charge in [-0.25, -0.2) is 0 Å². The highest BCUT2D eigenvalue weighted by molar-refractivity contribution is 5.91. The molecule has 2 aliphatic rings. The summed E-state index contributed by atoms with van der Waals surface area (Å²) in [6.45, 7) is 0.625. The van der Waals surface area contributed by atoms with Crippen LogP contribution in [-0.2, 0) is 0 Å². The molecule has 0 radical (unpaired) electrons. The maximum atomic E-state index is 12.0. The number of rotatable bonds is 4. The number of ether oxygens (including phenoxy) is 1. The van der Waals surface area contributed by atoms with E-state index in [1.807, 2.05) is 0 Å². The summed E-state index contributed by atoms with van der Waals surface area (Å²) in [5, 5.41) is 2.84. The Labute approximate surface area is 116 Å². The predicted molar refractivity (Wildman–Crippen MR) is 72.7 cm³/mol. The predicted octanol–water partition coefficient (Wildman–Crippen LogP) is 1.59. The second-order valence-corrected chi connectivity index (χ2v) is 5.43. The molecular formula is C15H17NO4. The van der Waals surface area contributed by atoms with Crippen molar-refractivity contribution in [1.82, 2.24) is 5.32 Å². The Morgan fingerprint density at radius 3 is 2.90 bits per heavy atom. The molecule has 5 nitrogen and oxygen atoms in total. The summed E-state index contributed by atoms with van der Waals surface area (Å²) >= 11 is 0. The smallest absolute Gasteiger partial charge is 0.287 e. The Hall–Kier alpha value is -2.04. The number of methoxy groups -OCH3 is 1. The van der Waals surface area contributed by atoms with Crippen LogP contribution in [0.3, 0.4) is 0 Å². The van der Waals surface area contributed by atoms with Crippen molar-refractivity contribution in [3.8, 4) is 5.75 Å². The number of amides is 1. The van der Waals surface area contributed by atoms with Crippen molar-refractivity contribution in [2.75, 3.05) is 13.7 Å². The minimum Gasteiger partial charge on any atom is -0.490 e. The molecule has 3 unspecified atom stereocenters. The maximum Gasteiger partial charge on any atom is 0.287 e. The van der Waals surface area contributed by atoms with Crippen LogP contribution in [0.2, 0.25) is 0 Å². The normalized spacial score (nSPS) is 26.8. The fraction of sp³-hybridized carbons (Fsp3) is 0.467. The second kappa shape index (κ2) is 5.15. The first-order chi connectivity index (χ1) is 9.67. The number of carbonyl (C=O) groups excluding carboxylic acids is 1. The number of hydrogen-bond acceptors (Lipinski definition) is 4. The first kappa shape index (κ1) is 13.0. The quantitative estimate of drug-likeness (QED) is 0.847. The molecule has 1 heterocycles. The number of allylic oxidation sites excluding steroid dienone is 2. The van der Waals surface area contributed by atoms with E-state index in [4.69, 9.17) is 9.15 Å². The van der Waals surface area contributed by atoms with Gasteiger partial charge in [0, 0.05) is 12.6 Å². The van der Waals surface area contributed by atoms with E-state index < -0.39 is 0 Å². The highest BCUT2D eigenvalue weighted by Crippen LogP contribution is 2.42. The fourth-order valence-corrected chi connectivity index (χ4v) is 3.11. The molecule has 2 aliphatic carbocycles. The lowest BCUT2D eigenvalue weighted by Crippen LogP contribution is -2.31. The summed E-state index contributed by atoms with van der Waals surface area (Å²) in [5.74, 6) is 1.54.